The molecule has 216 valence electrons. The third-order valence-electron chi connectivity index (χ3n) is 6.91. The summed E-state index contributed by atoms with van der Waals surface area (Å²) in [6, 6.07) is 4.46. The Labute approximate surface area is 229 Å². The van der Waals surface area contributed by atoms with Crippen LogP contribution >= 0.6 is 0 Å². The zero-order valence-electron chi connectivity index (χ0n) is 22.5. The van der Waals surface area contributed by atoms with Crippen molar-refractivity contribution in [2.75, 3.05) is 31.5 Å². The molecule has 2 N–H and O–H groups in total. The topological polar surface area (TPSA) is 129 Å². The van der Waals surface area contributed by atoms with Crippen molar-refractivity contribution in [1.29, 1.82) is 5.41 Å². The van der Waals surface area contributed by atoms with E-state index < -0.39 is 28.7 Å². The molecule has 3 heterocycles. The van der Waals surface area contributed by atoms with Crippen molar-refractivity contribution in [3.8, 4) is 0 Å². The third kappa shape index (κ3) is 6.26. The lowest BCUT2D eigenvalue weighted by atomic mass is 9.94. The molecule has 15 heteroatoms. The lowest BCUT2D eigenvalue weighted by Gasteiger charge is -2.41. The monoisotopic (exact) mass is 580 g/mol. The Kier molecular flexibility index (Phi) is 8.19. The molecule has 11 nitrogen and oxygen atoms in total. The van der Waals surface area contributed by atoms with Gasteiger partial charge in [0.15, 0.2) is 0 Å². The molecule has 1 fully saturated rings. The third-order valence-corrected chi connectivity index (χ3v) is 8.64. The molecule has 40 heavy (non-hydrogen) atoms. The summed E-state index contributed by atoms with van der Waals surface area (Å²) in [5.74, 6) is 0. The van der Waals surface area contributed by atoms with Gasteiger partial charge in [-0.25, -0.2) is 8.42 Å². The first-order valence-corrected chi connectivity index (χ1v) is 13.9. The first kappa shape index (κ1) is 29.4. The zero-order chi connectivity index (χ0) is 29.4. The summed E-state index contributed by atoms with van der Waals surface area (Å²) < 4.78 is 68.7. The highest BCUT2D eigenvalue weighted by Gasteiger charge is 2.38. The average Bonchev–Trinajstić information content (AvgIpc) is 3.33. The molecule has 1 atom stereocenters. The molecule has 1 saturated heterocycles. The number of piperazine rings is 1. The van der Waals surface area contributed by atoms with Gasteiger partial charge in [0.1, 0.15) is 0 Å². The van der Waals surface area contributed by atoms with Gasteiger partial charge in [0.2, 0.25) is 5.03 Å². The molecule has 3 aromatic rings. The second-order valence-corrected chi connectivity index (χ2v) is 11.7. The summed E-state index contributed by atoms with van der Waals surface area (Å²) in [6.45, 7) is 3.16. The first-order chi connectivity index (χ1) is 18.7. The van der Waals surface area contributed by atoms with E-state index in [0.717, 1.165) is 17.2 Å². The van der Waals surface area contributed by atoms with Gasteiger partial charge < -0.3 is 15.3 Å². The molecule has 2 aromatic heterocycles. The van der Waals surface area contributed by atoms with Crippen molar-refractivity contribution in [3.05, 3.63) is 63.2 Å². The van der Waals surface area contributed by atoms with E-state index in [1.54, 1.807) is 50.2 Å². The molecule has 0 bridgehead atoms. The van der Waals surface area contributed by atoms with E-state index >= 15 is 0 Å². The maximum Gasteiger partial charge on any atom is 0.390 e. The Bertz CT molecular complexity index is 1560. The maximum atomic E-state index is 13.3. The Hall–Kier alpha value is -3.56. The van der Waals surface area contributed by atoms with Crippen LogP contribution in [0.1, 0.15) is 34.7 Å². The Balaban J connectivity index is 1.71. The minimum atomic E-state index is -4.37. The molecule has 0 saturated carbocycles. The summed E-state index contributed by atoms with van der Waals surface area (Å²) in [5, 5.41) is 18.7. The average molecular weight is 581 g/mol. The van der Waals surface area contributed by atoms with Gasteiger partial charge >= 0.3 is 6.18 Å². The fraction of sp³-hybridized carbons (Fsp3) is 0.440. The van der Waals surface area contributed by atoms with Crippen LogP contribution in [0, 0.1) is 19.3 Å². The van der Waals surface area contributed by atoms with Crippen LogP contribution in [0.25, 0.3) is 0 Å². The highest BCUT2D eigenvalue weighted by molar-refractivity contribution is 7.89. The second-order valence-electron chi connectivity index (χ2n) is 9.85. The second kappa shape index (κ2) is 11.1. The normalized spacial score (nSPS) is 17.2. The van der Waals surface area contributed by atoms with Crippen molar-refractivity contribution in [3.63, 3.8) is 0 Å². The van der Waals surface area contributed by atoms with Crippen LogP contribution in [0.2, 0.25) is 0 Å². The van der Waals surface area contributed by atoms with Crippen molar-refractivity contribution < 1.29 is 21.6 Å². The Morgan fingerprint density at radius 1 is 1.15 bits per heavy atom. The maximum absolute atomic E-state index is 13.3. The Morgan fingerprint density at radius 2 is 1.88 bits per heavy atom. The van der Waals surface area contributed by atoms with Crippen molar-refractivity contribution in [2.24, 2.45) is 14.1 Å². The van der Waals surface area contributed by atoms with Crippen LogP contribution in [0.3, 0.4) is 0 Å². The highest BCUT2D eigenvalue weighted by atomic mass is 32.2. The number of benzene rings is 1. The number of sulfonamides is 1. The van der Waals surface area contributed by atoms with Gasteiger partial charge in [-0.15, -0.1) is 5.10 Å². The van der Waals surface area contributed by atoms with Gasteiger partial charge in [-0.2, -0.15) is 27.4 Å². The molecule has 1 aliphatic heterocycles. The number of halogens is 3. The van der Waals surface area contributed by atoms with Crippen LogP contribution in [0.5, 0.6) is 0 Å². The summed E-state index contributed by atoms with van der Waals surface area (Å²) in [6.07, 6.45) is -1.52. The number of nitrogens with zero attached hydrogens (tertiary/aromatic N) is 6. The molecular formula is C25H31F3N8O3S. The van der Waals surface area contributed by atoms with Gasteiger partial charge in [0.25, 0.3) is 15.6 Å². The molecule has 0 amide bonds. The minimum absolute atomic E-state index is 0.00451. The molecular weight excluding hydrogens is 549 g/mol. The standard InChI is InChI=1S/C25H31F3N8O3S/c1-16-10-21(31-19-9-17(2)24(37)33(3)14-19)18(12-29)11-20(16)22-15-36(8-7-35(22)6-5-25(26,27)28)40(38,39)23-13-30-34(4)32-23/h9-14,22,29,31H,5-8,15H2,1-4H3. The molecule has 0 aliphatic carbocycles. The van der Waals surface area contributed by atoms with Gasteiger partial charge in [-0.3, -0.25) is 9.69 Å². The number of alkyl halides is 3. The molecule has 0 radical (unpaired) electrons. The zero-order valence-corrected chi connectivity index (χ0v) is 23.3. The predicted molar refractivity (Wildman–Crippen MR) is 144 cm³/mol. The lowest BCUT2D eigenvalue weighted by molar-refractivity contribution is -0.140. The minimum Gasteiger partial charge on any atom is -0.354 e. The van der Waals surface area contributed by atoms with E-state index in [4.69, 9.17) is 5.41 Å². The number of rotatable bonds is 8. The summed E-state index contributed by atoms with van der Waals surface area (Å²) >= 11 is 0. The summed E-state index contributed by atoms with van der Waals surface area (Å²) in [4.78, 5) is 14.8. The van der Waals surface area contributed by atoms with E-state index in [1.165, 1.54) is 15.9 Å². The summed E-state index contributed by atoms with van der Waals surface area (Å²) in [5.41, 5.74) is 3.36. The van der Waals surface area contributed by atoms with Crippen LogP contribution in [0.4, 0.5) is 24.5 Å². The fourth-order valence-corrected chi connectivity index (χ4v) is 6.18. The van der Waals surface area contributed by atoms with Gasteiger partial charge in [-0.1, -0.05) is 0 Å². The van der Waals surface area contributed by atoms with Crippen LogP contribution < -0.4 is 10.9 Å². The molecule has 1 aliphatic rings. The number of hydrogen-bond donors (Lipinski definition) is 2. The molecule has 4 rings (SSSR count). The SMILES string of the molecule is Cc1cc(Nc2cc(C)c(=O)n(C)c2)c(C=N)cc1C1CN(S(=O)(=O)c2cnn(C)n2)CCN1CCC(F)(F)F. The highest BCUT2D eigenvalue weighted by Crippen LogP contribution is 2.35. The van der Waals surface area contributed by atoms with E-state index in [-0.39, 0.29) is 36.8 Å². The first-order valence-electron chi connectivity index (χ1n) is 12.5. The Morgan fingerprint density at radius 3 is 2.48 bits per heavy atom. The van der Waals surface area contributed by atoms with Crippen LogP contribution in [-0.2, 0) is 24.1 Å². The summed E-state index contributed by atoms with van der Waals surface area (Å²) in [7, 11) is -0.911. The quantitative estimate of drug-likeness (QED) is 0.392. The van der Waals surface area contributed by atoms with E-state index in [2.05, 4.69) is 15.5 Å². The molecule has 0 spiro atoms. The van der Waals surface area contributed by atoms with Crippen molar-refractivity contribution in [1.82, 2.24) is 28.8 Å². The van der Waals surface area contributed by atoms with E-state index in [9.17, 15) is 26.4 Å². The van der Waals surface area contributed by atoms with Crippen LogP contribution in [-0.4, -0.2) is 75.8 Å². The largest absolute Gasteiger partial charge is 0.390 e. The van der Waals surface area contributed by atoms with Gasteiger partial charge in [-0.05, 0) is 43.2 Å². The number of pyridine rings is 1. The van der Waals surface area contributed by atoms with Crippen LogP contribution in [0.15, 0.2) is 40.4 Å². The van der Waals surface area contributed by atoms with E-state index in [0.29, 0.717) is 33.6 Å². The number of anilines is 2. The molecule has 1 aromatic carbocycles. The van der Waals surface area contributed by atoms with Crippen molar-refractivity contribution in [2.45, 2.75) is 37.5 Å². The lowest BCUT2D eigenvalue weighted by Crippen LogP contribution is -2.51. The van der Waals surface area contributed by atoms with Crippen molar-refractivity contribution >= 4 is 27.6 Å². The van der Waals surface area contributed by atoms with E-state index in [1.807, 2.05) is 0 Å². The smallest absolute Gasteiger partial charge is 0.354 e. The molecule has 1 unspecified atom stereocenters. The number of hydrogen-bond acceptors (Lipinski definition) is 8. The number of aromatic nitrogens is 4. The fourth-order valence-electron chi connectivity index (χ4n) is 4.86. The number of aryl methyl sites for hydroxylation is 4. The van der Waals surface area contributed by atoms with Gasteiger partial charge in [0.05, 0.1) is 18.3 Å². The number of nitrogens with one attached hydrogen (secondary N) is 2. The van der Waals surface area contributed by atoms with Gasteiger partial charge in [0, 0.05) is 75.5 Å². The predicted octanol–water partition coefficient (Wildman–Crippen LogP) is 2.87.